The van der Waals surface area contributed by atoms with Crippen molar-refractivity contribution >= 4 is 17.2 Å². The molecule has 0 radical (unpaired) electrons. The third kappa shape index (κ3) is 5.47. The van der Waals surface area contributed by atoms with Gasteiger partial charge in [0.15, 0.2) is 0 Å². The fourth-order valence-electron chi connectivity index (χ4n) is 2.47. The summed E-state index contributed by atoms with van der Waals surface area (Å²) in [7, 11) is 0. The zero-order valence-electron chi connectivity index (χ0n) is 14.5. The van der Waals surface area contributed by atoms with Crippen LogP contribution in [-0.2, 0) is 11.2 Å². The maximum Gasteiger partial charge on any atom is 0.225 e. The number of hydrogen-bond donors (Lipinski definition) is 1. The molecule has 0 spiro atoms. The van der Waals surface area contributed by atoms with Crippen LogP contribution in [0, 0.1) is 19.8 Å². The lowest BCUT2D eigenvalue weighted by atomic mass is 10.1. The fraction of sp³-hybridized carbons (Fsp3) is 0.474. The van der Waals surface area contributed by atoms with E-state index in [1.54, 1.807) is 11.3 Å². The van der Waals surface area contributed by atoms with Crippen LogP contribution in [0.15, 0.2) is 24.3 Å². The number of benzene rings is 1. The highest BCUT2D eigenvalue weighted by atomic mass is 32.1. The number of nitrogens with zero attached hydrogens (tertiary/aromatic N) is 1. The van der Waals surface area contributed by atoms with Crippen molar-refractivity contribution in [3.8, 4) is 11.3 Å². The van der Waals surface area contributed by atoms with Gasteiger partial charge in [-0.2, -0.15) is 0 Å². The van der Waals surface area contributed by atoms with Crippen LogP contribution in [0.1, 0.15) is 42.1 Å². The smallest absolute Gasteiger partial charge is 0.225 e. The predicted octanol–water partition coefficient (Wildman–Crippen LogP) is 4.52. The highest BCUT2D eigenvalue weighted by molar-refractivity contribution is 7.12. The second-order valence-electron chi connectivity index (χ2n) is 6.43. The van der Waals surface area contributed by atoms with Crippen LogP contribution in [-0.4, -0.2) is 17.4 Å². The molecule has 0 saturated heterocycles. The van der Waals surface area contributed by atoms with Gasteiger partial charge in [-0.15, -0.1) is 11.3 Å². The Hall–Kier alpha value is -1.68. The lowest BCUT2D eigenvalue weighted by molar-refractivity contribution is -0.120. The van der Waals surface area contributed by atoms with E-state index in [1.807, 2.05) is 6.92 Å². The van der Waals surface area contributed by atoms with Crippen molar-refractivity contribution in [2.45, 2.75) is 47.0 Å². The molecule has 1 N–H and O–H groups in total. The van der Waals surface area contributed by atoms with Gasteiger partial charge in [0.25, 0.3) is 0 Å². The molecule has 1 amide bonds. The third-order valence-electron chi connectivity index (χ3n) is 3.73. The third-order valence-corrected chi connectivity index (χ3v) is 4.70. The van der Waals surface area contributed by atoms with Crippen molar-refractivity contribution in [2.24, 2.45) is 5.92 Å². The van der Waals surface area contributed by atoms with E-state index in [4.69, 9.17) is 0 Å². The second kappa shape index (κ2) is 8.25. The number of amides is 1. The summed E-state index contributed by atoms with van der Waals surface area (Å²) in [5.74, 6) is 0.773. The minimum Gasteiger partial charge on any atom is -0.356 e. The number of thiazole rings is 1. The molecule has 0 unspecified atom stereocenters. The van der Waals surface area contributed by atoms with Gasteiger partial charge in [-0.3, -0.25) is 4.79 Å². The van der Waals surface area contributed by atoms with Gasteiger partial charge in [-0.25, -0.2) is 4.98 Å². The standard InChI is InChI=1S/C19H26N2OS/c1-13(2)6-5-11-20-18(22)12-17-19(21-15(4)23-17)16-9-7-14(3)8-10-16/h7-10,13H,5-6,11-12H2,1-4H3,(H,20,22). The molecule has 0 aliphatic rings. The van der Waals surface area contributed by atoms with E-state index in [2.05, 4.69) is 55.3 Å². The average molecular weight is 330 g/mol. The van der Waals surface area contributed by atoms with Crippen LogP contribution < -0.4 is 5.32 Å². The molecule has 1 aromatic carbocycles. The maximum absolute atomic E-state index is 12.2. The molecule has 23 heavy (non-hydrogen) atoms. The van der Waals surface area contributed by atoms with Gasteiger partial charge < -0.3 is 5.32 Å². The Morgan fingerprint density at radius 3 is 2.57 bits per heavy atom. The molecule has 0 aliphatic heterocycles. The molecule has 3 nitrogen and oxygen atoms in total. The van der Waals surface area contributed by atoms with E-state index in [1.165, 1.54) is 5.56 Å². The summed E-state index contributed by atoms with van der Waals surface area (Å²) < 4.78 is 0. The molecule has 0 fully saturated rings. The minimum atomic E-state index is 0.0887. The first kappa shape index (κ1) is 17.7. The molecular weight excluding hydrogens is 304 g/mol. The molecule has 124 valence electrons. The van der Waals surface area contributed by atoms with E-state index in [-0.39, 0.29) is 5.91 Å². The predicted molar refractivity (Wildman–Crippen MR) is 97.8 cm³/mol. The number of hydrogen-bond acceptors (Lipinski definition) is 3. The summed E-state index contributed by atoms with van der Waals surface area (Å²) in [4.78, 5) is 17.8. The van der Waals surface area contributed by atoms with Crippen molar-refractivity contribution in [2.75, 3.05) is 6.54 Å². The van der Waals surface area contributed by atoms with E-state index in [9.17, 15) is 4.79 Å². The normalized spacial score (nSPS) is 11.0. The number of aromatic nitrogens is 1. The van der Waals surface area contributed by atoms with Gasteiger partial charge in [-0.1, -0.05) is 43.7 Å². The highest BCUT2D eigenvalue weighted by Gasteiger charge is 2.14. The summed E-state index contributed by atoms with van der Waals surface area (Å²) >= 11 is 1.61. The molecule has 0 saturated carbocycles. The van der Waals surface area contributed by atoms with Gasteiger partial charge in [0.05, 0.1) is 17.1 Å². The average Bonchev–Trinajstić information content (AvgIpc) is 2.85. The van der Waals surface area contributed by atoms with E-state index >= 15 is 0 Å². The number of carbonyl (C=O) groups is 1. The van der Waals surface area contributed by atoms with E-state index < -0.39 is 0 Å². The Kier molecular flexibility index (Phi) is 6.34. The van der Waals surface area contributed by atoms with E-state index in [0.29, 0.717) is 12.3 Å². The molecule has 0 bridgehead atoms. The summed E-state index contributed by atoms with van der Waals surface area (Å²) in [5, 5.41) is 4.03. The number of aryl methyl sites for hydroxylation is 2. The van der Waals surface area contributed by atoms with Crippen LogP contribution in [0.25, 0.3) is 11.3 Å². The number of nitrogens with one attached hydrogen (secondary N) is 1. The molecule has 1 aromatic heterocycles. The Labute approximate surface area is 143 Å². The molecule has 2 aromatic rings. The fourth-order valence-corrected chi connectivity index (χ4v) is 3.43. The zero-order valence-corrected chi connectivity index (χ0v) is 15.3. The molecule has 0 atom stereocenters. The van der Waals surface area contributed by atoms with Crippen molar-refractivity contribution in [1.82, 2.24) is 10.3 Å². The minimum absolute atomic E-state index is 0.0887. The van der Waals surface area contributed by atoms with Crippen LogP contribution in [0.2, 0.25) is 0 Å². The van der Waals surface area contributed by atoms with Gasteiger partial charge in [-0.05, 0) is 32.6 Å². The van der Waals surface area contributed by atoms with Crippen molar-refractivity contribution in [3.63, 3.8) is 0 Å². The molecule has 1 heterocycles. The van der Waals surface area contributed by atoms with Crippen molar-refractivity contribution in [1.29, 1.82) is 0 Å². The lowest BCUT2D eigenvalue weighted by Crippen LogP contribution is -2.26. The molecule has 0 aliphatic carbocycles. The number of rotatable bonds is 7. The lowest BCUT2D eigenvalue weighted by Gasteiger charge is -2.07. The highest BCUT2D eigenvalue weighted by Crippen LogP contribution is 2.28. The van der Waals surface area contributed by atoms with Crippen molar-refractivity contribution in [3.05, 3.63) is 39.7 Å². The van der Waals surface area contributed by atoms with Crippen LogP contribution in [0.5, 0.6) is 0 Å². The first-order valence-corrected chi connectivity index (χ1v) is 9.07. The first-order chi connectivity index (χ1) is 11.0. The number of carbonyl (C=O) groups excluding carboxylic acids is 1. The summed E-state index contributed by atoms with van der Waals surface area (Å²) in [6.45, 7) is 9.23. The van der Waals surface area contributed by atoms with Crippen LogP contribution in [0.3, 0.4) is 0 Å². The van der Waals surface area contributed by atoms with Gasteiger partial charge >= 0.3 is 0 Å². The van der Waals surface area contributed by atoms with Crippen molar-refractivity contribution < 1.29 is 4.79 Å². The zero-order chi connectivity index (χ0) is 16.8. The largest absolute Gasteiger partial charge is 0.356 e. The Balaban J connectivity index is 2.00. The maximum atomic E-state index is 12.2. The van der Waals surface area contributed by atoms with E-state index in [0.717, 1.165) is 40.5 Å². The van der Waals surface area contributed by atoms with Gasteiger partial charge in [0, 0.05) is 17.0 Å². The summed E-state index contributed by atoms with van der Waals surface area (Å²) in [6, 6.07) is 8.32. The Morgan fingerprint density at radius 2 is 1.91 bits per heavy atom. The summed E-state index contributed by atoms with van der Waals surface area (Å²) in [6.07, 6.45) is 2.60. The van der Waals surface area contributed by atoms with Crippen LogP contribution in [0.4, 0.5) is 0 Å². The quantitative estimate of drug-likeness (QED) is 0.758. The molecular formula is C19H26N2OS. The SMILES string of the molecule is Cc1ccc(-c2nc(C)sc2CC(=O)NCCCC(C)C)cc1. The van der Waals surface area contributed by atoms with Crippen LogP contribution >= 0.6 is 11.3 Å². The van der Waals surface area contributed by atoms with Gasteiger partial charge in [0.2, 0.25) is 5.91 Å². The van der Waals surface area contributed by atoms with Gasteiger partial charge in [0.1, 0.15) is 0 Å². The molecule has 2 rings (SSSR count). The molecule has 4 heteroatoms. The Bertz CT molecular complexity index is 644. The summed E-state index contributed by atoms with van der Waals surface area (Å²) in [5.41, 5.74) is 3.26. The monoisotopic (exact) mass is 330 g/mol. The second-order valence-corrected chi connectivity index (χ2v) is 7.72. The Morgan fingerprint density at radius 1 is 1.22 bits per heavy atom. The first-order valence-electron chi connectivity index (χ1n) is 8.25. The topological polar surface area (TPSA) is 42.0 Å².